The van der Waals surface area contributed by atoms with E-state index in [0.29, 0.717) is 6.54 Å². The molecule has 3 N–H and O–H groups in total. The first-order valence-electron chi connectivity index (χ1n) is 5.56. The Kier molecular flexibility index (Phi) is 4.57. The molecule has 1 aromatic rings. The summed E-state index contributed by atoms with van der Waals surface area (Å²) in [6.07, 6.45) is -4.50. The van der Waals surface area contributed by atoms with Gasteiger partial charge in [0.15, 0.2) is 0 Å². The van der Waals surface area contributed by atoms with Crippen molar-refractivity contribution in [2.24, 2.45) is 0 Å². The summed E-state index contributed by atoms with van der Waals surface area (Å²) >= 11 is 0. The van der Waals surface area contributed by atoms with E-state index in [2.05, 4.69) is 10.3 Å². The van der Waals surface area contributed by atoms with Crippen LogP contribution in [0.4, 0.5) is 24.8 Å². The lowest BCUT2D eigenvalue weighted by Crippen LogP contribution is -2.32. The summed E-state index contributed by atoms with van der Waals surface area (Å²) in [5.41, 5.74) is 4.40. The van der Waals surface area contributed by atoms with Crippen molar-refractivity contribution < 1.29 is 18.0 Å². The lowest BCUT2D eigenvalue weighted by atomic mass is 10.2. The number of rotatable bonds is 4. The molecule has 0 aliphatic rings. The molecule has 0 unspecified atom stereocenters. The van der Waals surface area contributed by atoms with Gasteiger partial charge < -0.3 is 16.0 Å². The van der Waals surface area contributed by atoms with Crippen molar-refractivity contribution in [3.63, 3.8) is 0 Å². The molecule has 1 heterocycles. The van der Waals surface area contributed by atoms with Crippen molar-refractivity contribution in [1.82, 2.24) is 9.88 Å². The first kappa shape index (κ1) is 15.1. The van der Waals surface area contributed by atoms with Gasteiger partial charge in [-0.2, -0.15) is 13.2 Å². The Morgan fingerprint density at radius 3 is 2.63 bits per heavy atom. The van der Waals surface area contributed by atoms with Gasteiger partial charge in [0.25, 0.3) is 0 Å². The van der Waals surface area contributed by atoms with Crippen LogP contribution >= 0.6 is 0 Å². The second-order valence-electron chi connectivity index (χ2n) is 3.93. The summed E-state index contributed by atoms with van der Waals surface area (Å²) in [6.45, 7) is 2.16. The van der Waals surface area contributed by atoms with E-state index in [0.717, 1.165) is 12.1 Å². The van der Waals surface area contributed by atoms with Gasteiger partial charge in [0.2, 0.25) is 5.91 Å². The normalized spacial score (nSPS) is 11.2. The number of amides is 1. The average Bonchev–Trinajstić information content (AvgIpc) is 2.33. The van der Waals surface area contributed by atoms with Crippen molar-refractivity contribution in [3.05, 3.63) is 17.7 Å². The predicted molar refractivity (Wildman–Crippen MR) is 65.5 cm³/mol. The lowest BCUT2D eigenvalue weighted by molar-refractivity contribution is -0.137. The number of aromatic nitrogens is 1. The molecule has 1 rings (SSSR count). The van der Waals surface area contributed by atoms with Crippen LogP contribution in [0.5, 0.6) is 0 Å². The number of nitrogen functional groups attached to an aromatic ring is 1. The minimum Gasteiger partial charge on any atom is -0.384 e. The molecule has 0 radical (unpaired) electrons. The molecule has 8 heteroatoms. The third kappa shape index (κ3) is 4.31. The number of halogens is 3. The fraction of sp³-hybridized carbons (Fsp3) is 0.455. The Morgan fingerprint density at radius 2 is 2.11 bits per heavy atom. The molecule has 0 aliphatic heterocycles. The van der Waals surface area contributed by atoms with Crippen molar-refractivity contribution in [3.8, 4) is 0 Å². The van der Waals surface area contributed by atoms with Crippen LogP contribution in [0.1, 0.15) is 12.5 Å². The van der Waals surface area contributed by atoms with Crippen LogP contribution in [0, 0.1) is 0 Å². The van der Waals surface area contributed by atoms with Crippen molar-refractivity contribution >= 4 is 17.5 Å². The largest absolute Gasteiger partial charge is 0.416 e. The Hall–Kier alpha value is -1.99. The van der Waals surface area contributed by atoms with Crippen molar-refractivity contribution in [2.75, 3.05) is 31.2 Å². The van der Waals surface area contributed by atoms with Gasteiger partial charge in [-0.15, -0.1) is 0 Å². The molecule has 0 saturated heterocycles. The molecular weight excluding hydrogens is 261 g/mol. The zero-order valence-corrected chi connectivity index (χ0v) is 10.6. The summed E-state index contributed by atoms with van der Waals surface area (Å²) in [4.78, 5) is 16.6. The fourth-order valence-corrected chi connectivity index (χ4v) is 1.28. The van der Waals surface area contributed by atoms with E-state index in [1.165, 1.54) is 4.90 Å². The van der Waals surface area contributed by atoms with E-state index >= 15 is 0 Å². The topological polar surface area (TPSA) is 71.2 Å². The van der Waals surface area contributed by atoms with Crippen LogP contribution in [-0.4, -0.2) is 35.9 Å². The molecule has 19 heavy (non-hydrogen) atoms. The average molecular weight is 276 g/mol. The van der Waals surface area contributed by atoms with Crippen LogP contribution < -0.4 is 11.1 Å². The summed E-state index contributed by atoms with van der Waals surface area (Å²) in [7, 11) is 1.60. The molecule has 0 aliphatic carbocycles. The Balaban J connectivity index is 2.80. The maximum absolute atomic E-state index is 12.5. The van der Waals surface area contributed by atoms with Crippen LogP contribution in [-0.2, 0) is 11.0 Å². The molecule has 0 fully saturated rings. The molecule has 0 aromatic carbocycles. The lowest BCUT2D eigenvalue weighted by Gasteiger charge is -2.15. The Morgan fingerprint density at radius 1 is 1.47 bits per heavy atom. The number of hydrogen-bond donors (Lipinski definition) is 2. The first-order valence-corrected chi connectivity index (χ1v) is 5.56. The Bertz CT molecular complexity index is 462. The minimum atomic E-state index is -4.50. The van der Waals surface area contributed by atoms with Gasteiger partial charge in [0.1, 0.15) is 11.6 Å². The maximum Gasteiger partial charge on any atom is 0.416 e. The number of alkyl halides is 3. The van der Waals surface area contributed by atoms with E-state index in [1.54, 1.807) is 14.0 Å². The highest BCUT2D eigenvalue weighted by Crippen LogP contribution is 2.31. The van der Waals surface area contributed by atoms with E-state index in [9.17, 15) is 18.0 Å². The van der Waals surface area contributed by atoms with Crippen molar-refractivity contribution in [1.29, 1.82) is 0 Å². The van der Waals surface area contributed by atoms with Crippen LogP contribution in [0.3, 0.4) is 0 Å². The van der Waals surface area contributed by atoms with Gasteiger partial charge >= 0.3 is 6.18 Å². The van der Waals surface area contributed by atoms with E-state index < -0.39 is 11.7 Å². The summed E-state index contributed by atoms with van der Waals surface area (Å²) in [5, 5.41) is 2.53. The fourth-order valence-electron chi connectivity index (χ4n) is 1.28. The number of hydrogen-bond acceptors (Lipinski definition) is 4. The van der Waals surface area contributed by atoms with Gasteiger partial charge in [-0.1, -0.05) is 0 Å². The molecule has 5 nitrogen and oxygen atoms in total. The van der Waals surface area contributed by atoms with E-state index in [4.69, 9.17) is 5.73 Å². The Labute approximate surface area is 108 Å². The quantitative estimate of drug-likeness (QED) is 0.875. The maximum atomic E-state index is 12.5. The number of likely N-dealkylation sites (N-methyl/N-ethyl adjacent to an activating group) is 1. The van der Waals surface area contributed by atoms with Gasteiger partial charge in [-0.3, -0.25) is 4.79 Å². The van der Waals surface area contributed by atoms with Gasteiger partial charge in [-0.25, -0.2) is 4.98 Å². The third-order valence-electron chi connectivity index (χ3n) is 2.49. The summed E-state index contributed by atoms with van der Waals surface area (Å²) in [6, 6.07) is 1.56. The molecule has 0 spiro atoms. The zero-order valence-electron chi connectivity index (χ0n) is 10.6. The number of carbonyl (C=O) groups is 1. The van der Waals surface area contributed by atoms with Crippen LogP contribution in [0.2, 0.25) is 0 Å². The zero-order chi connectivity index (χ0) is 14.6. The molecule has 0 atom stereocenters. The summed E-state index contributed by atoms with van der Waals surface area (Å²) < 4.78 is 37.6. The third-order valence-corrected chi connectivity index (χ3v) is 2.49. The number of carbonyl (C=O) groups excluding carboxylic acids is 1. The number of nitrogens with zero attached hydrogens (tertiary/aromatic N) is 2. The minimum absolute atomic E-state index is 0.0785. The van der Waals surface area contributed by atoms with E-state index in [-0.39, 0.29) is 24.1 Å². The highest BCUT2D eigenvalue weighted by molar-refractivity contribution is 5.80. The monoisotopic (exact) mass is 276 g/mol. The second-order valence-corrected chi connectivity index (χ2v) is 3.93. The molecule has 106 valence electrons. The SMILES string of the molecule is CCN(C)C(=O)CNc1cc(C(F)(F)F)cc(N)n1. The van der Waals surface area contributed by atoms with Crippen LogP contribution in [0.25, 0.3) is 0 Å². The molecular formula is C11H15F3N4O. The van der Waals surface area contributed by atoms with Gasteiger partial charge in [0, 0.05) is 13.6 Å². The highest BCUT2D eigenvalue weighted by atomic mass is 19.4. The standard InChI is InChI=1S/C11H15F3N4O/c1-3-18(2)10(19)6-16-9-5-7(11(12,13)14)4-8(15)17-9/h4-5H,3,6H2,1-2H3,(H3,15,16,17). The van der Waals surface area contributed by atoms with Gasteiger partial charge in [-0.05, 0) is 19.1 Å². The number of nitrogens with one attached hydrogen (secondary N) is 1. The highest BCUT2D eigenvalue weighted by Gasteiger charge is 2.31. The smallest absolute Gasteiger partial charge is 0.384 e. The molecule has 1 amide bonds. The first-order chi connectivity index (χ1) is 8.74. The molecule has 1 aromatic heterocycles. The second kappa shape index (κ2) is 5.77. The molecule has 0 saturated carbocycles. The van der Waals surface area contributed by atoms with E-state index in [1.807, 2.05) is 0 Å². The molecule has 0 bridgehead atoms. The van der Waals surface area contributed by atoms with Crippen LogP contribution in [0.15, 0.2) is 12.1 Å². The van der Waals surface area contributed by atoms with Crippen molar-refractivity contribution in [2.45, 2.75) is 13.1 Å². The number of anilines is 2. The predicted octanol–water partition coefficient (Wildman–Crippen LogP) is 1.57. The summed E-state index contributed by atoms with van der Waals surface area (Å²) in [5.74, 6) is -0.584. The van der Waals surface area contributed by atoms with Gasteiger partial charge in [0.05, 0.1) is 12.1 Å². The number of nitrogens with two attached hydrogens (primary N) is 1. The number of pyridine rings is 1.